The Labute approximate surface area is 210 Å². The molecule has 3 amide bonds. The Morgan fingerprint density at radius 3 is 2.69 bits per heavy atom. The third-order valence-electron chi connectivity index (χ3n) is 8.29. The number of carbonyl (C=O) groups is 3. The van der Waals surface area contributed by atoms with Crippen molar-refractivity contribution in [3.63, 3.8) is 0 Å². The van der Waals surface area contributed by atoms with Crippen molar-refractivity contribution in [3.8, 4) is 0 Å². The Morgan fingerprint density at radius 1 is 1.19 bits per heavy atom. The quantitative estimate of drug-likeness (QED) is 0.565. The number of hydrogen-bond donors (Lipinski definition) is 3. The standard InChI is InChI=1S/C26H34N6O4/c1-16-5-4-6-18(11-16)28-24(36)27-14-19-15-32(30-29-19)21-7-9-26(13-20(21)26)23(35)31-10-8-17(22(33)34)12-25(31,2)3/h4-6,11,15,17,20-21H,7-10,12-14H2,1-3H3,(H,33,34)(H2,27,28,36)/t17?,20-,21-,26+/m1/s1. The number of rotatable bonds is 6. The highest BCUT2D eigenvalue weighted by molar-refractivity contribution is 5.89. The van der Waals surface area contributed by atoms with Crippen molar-refractivity contribution in [1.29, 1.82) is 0 Å². The Bertz CT molecular complexity index is 1190. The van der Waals surface area contributed by atoms with Crippen LogP contribution in [-0.2, 0) is 16.1 Å². The number of carbonyl (C=O) groups excluding carboxylic acids is 2. The maximum Gasteiger partial charge on any atom is 0.319 e. The molecule has 0 bridgehead atoms. The number of aromatic nitrogens is 3. The molecule has 1 unspecified atom stereocenters. The van der Waals surface area contributed by atoms with E-state index in [1.165, 1.54) is 0 Å². The Kier molecular flexibility index (Phi) is 6.00. The van der Waals surface area contributed by atoms with Gasteiger partial charge >= 0.3 is 12.0 Å². The number of aliphatic carboxylic acids is 1. The predicted octanol–water partition coefficient (Wildman–Crippen LogP) is 3.35. The topological polar surface area (TPSA) is 129 Å². The average Bonchev–Trinajstić information content (AvgIpc) is 3.17. The van der Waals surface area contributed by atoms with Crippen LogP contribution in [0, 0.1) is 24.2 Å². The molecule has 5 rings (SSSR count). The summed E-state index contributed by atoms with van der Waals surface area (Å²) in [5.41, 5.74) is 1.62. The molecule has 0 spiro atoms. The molecule has 10 nitrogen and oxygen atoms in total. The number of amides is 3. The molecule has 1 aromatic carbocycles. The zero-order valence-corrected chi connectivity index (χ0v) is 21.0. The lowest BCUT2D eigenvalue weighted by molar-refractivity contribution is -0.154. The number of benzene rings is 1. The minimum atomic E-state index is -0.775. The van der Waals surface area contributed by atoms with E-state index in [1.54, 1.807) is 0 Å². The van der Waals surface area contributed by atoms with Crippen LogP contribution >= 0.6 is 0 Å². The third-order valence-corrected chi connectivity index (χ3v) is 8.29. The fourth-order valence-corrected chi connectivity index (χ4v) is 6.29. The maximum atomic E-state index is 13.7. The van der Waals surface area contributed by atoms with Gasteiger partial charge in [0.15, 0.2) is 0 Å². The number of urea groups is 1. The molecule has 3 aliphatic rings. The minimum Gasteiger partial charge on any atom is -0.481 e. The molecule has 10 heteroatoms. The van der Waals surface area contributed by atoms with Crippen molar-refractivity contribution >= 4 is 23.6 Å². The number of piperidine rings is 1. The zero-order chi connectivity index (χ0) is 25.7. The number of nitrogens with one attached hydrogen (secondary N) is 2. The first-order valence-electron chi connectivity index (χ1n) is 12.7. The maximum absolute atomic E-state index is 13.7. The SMILES string of the molecule is Cc1cccc(NC(=O)NCc2cn([C@@H]3CC[C@]4(C(=O)N5CCC(C(=O)O)CC5(C)C)C[C@H]34)nn2)c1. The summed E-state index contributed by atoms with van der Waals surface area (Å²) in [5, 5.41) is 23.6. The number of aryl methyl sites for hydroxylation is 1. The van der Waals surface area contributed by atoms with E-state index in [9.17, 15) is 19.5 Å². The highest BCUT2D eigenvalue weighted by Crippen LogP contribution is 2.68. The second-order valence-corrected chi connectivity index (χ2v) is 11.2. The van der Waals surface area contributed by atoms with Crippen LogP contribution in [0.3, 0.4) is 0 Å². The lowest BCUT2D eigenvalue weighted by Gasteiger charge is -2.46. The average molecular weight is 495 g/mol. The summed E-state index contributed by atoms with van der Waals surface area (Å²) in [6.07, 6.45) is 5.34. The molecule has 2 saturated carbocycles. The van der Waals surface area contributed by atoms with Gasteiger partial charge in [-0.25, -0.2) is 9.48 Å². The molecule has 3 N–H and O–H groups in total. The number of carboxylic acids is 1. The van der Waals surface area contributed by atoms with Crippen molar-refractivity contribution in [1.82, 2.24) is 25.2 Å². The highest BCUT2D eigenvalue weighted by atomic mass is 16.4. The molecule has 2 heterocycles. The number of fused-ring (bicyclic) bond motifs is 1. The molecule has 1 aromatic heterocycles. The van der Waals surface area contributed by atoms with Crippen molar-refractivity contribution in [2.24, 2.45) is 17.3 Å². The number of nitrogens with zero attached hydrogens (tertiary/aromatic N) is 4. The van der Waals surface area contributed by atoms with Crippen LogP contribution in [0.15, 0.2) is 30.5 Å². The van der Waals surface area contributed by atoms with Crippen LogP contribution in [-0.4, -0.2) is 55.0 Å². The van der Waals surface area contributed by atoms with Gasteiger partial charge in [-0.15, -0.1) is 5.10 Å². The first-order valence-corrected chi connectivity index (χ1v) is 12.7. The molecule has 2 aliphatic carbocycles. The Morgan fingerprint density at radius 2 is 2.00 bits per heavy atom. The summed E-state index contributed by atoms with van der Waals surface area (Å²) in [4.78, 5) is 39.3. The second-order valence-electron chi connectivity index (χ2n) is 11.2. The zero-order valence-electron chi connectivity index (χ0n) is 21.0. The highest BCUT2D eigenvalue weighted by Gasteiger charge is 2.68. The van der Waals surface area contributed by atoms with E-state index in [4.69, 9.17) is 0 Å². The van der Waals surface area contributed by atoms with Gasteiger partial charge in [-0.3, -0.25) is 9.59 Å². The van der Waals surface area contributed by atoms with Gasteiger partial charge in [0, 0.05) is 17.8 Å². The van der Waals surface area contributed by atoms with Crippen LogP contribution in [0.5, 0.6) is 0 Å². The molecule has 0 radical (unpaired) electrons. The van der Waals surface area contributed by atoms with Crippen LogP contribution in [0.25, 0.3) is 0 Å². The monoisotopic (exact) mass is 494 g/mol. The summed E-state index contributed by atoms with van der Waals surface area (Å²) in [6.45, 7) is 6.67. The third kappa shape index (κ3) is 4.44. The first-order chi connectivity index (χ1) is 17.1. The molecule has 2 aromatic rings. The summed E-state index contributed by atoms with van der Waals surface area (Å²) in [5.74, 6) is -0.791. The number of carboxylic acid groups (broad SMARTS) is 1. The van der Waals surface area contributed by atoms with E-state index >= 15 is 0 Å². The van der Waals surface area contributed by atoms with Crippen molar-refractivity contribution < 1.29 is 19.5 Å². The molecule has 1 saturated heterocycles. The van der Waals surface area contributed by atoms with Crippen molar-refractivity contribution in [2.45, 2.75) is 71.0 Å². The van der Waals surface area contributed by atoms with Crippen molar-refractivity contribution in [2.75, 3.05) is 11.9 Å². The van der Waals surface area contributed by atoms with Gasteiger partial charge < -0.3 is 20.6 Å². The van der Waals surface area contributed by atoms with Gasteiger partial charge in [0.2, 0.25) is 5.91 Å². The van der Waals surface area contributed by atoms with Gasteiger partial charge in [0.1, 0.15) is 5.69 Å². The number of hydrogen-bond acceptors (Lipinski definition) is 5. The summed E-state index contributed by atoms with van der Waals surface area (Å²) >= 11 is 0. The van der Waals surface area contributed by atoms with Crippen LogP contribution in [0.2, 0.25) is 0 Å². The van der Waals surface area contributed by atoms with E-state index in [0.717, 1.165) is 30.5 Å². The lowest BCUT2D eigenvalue weighted by atomic mass is 9.81. The molecule has 4 atom stereocenters. The van der Waals surface area contributed by atoms with E-state index < -0.39 is 17.4 Å². The number of anilines is 1. The Balaban J connectivity index is 1.17. The van der Waals surface area contributed by atoms with Gasteiger partial charge in [-0.05, 0) is 76.5 Å². The normalized spacial score (nSPS) is 28.3. The minimum absolute atomic E-state index is 0.107. The predicted molar refractivity (Wildman–Crippen MR) is 132 cm³/mol. The summed E-state index contributed by atoms with van der Waals surface area (Å²) in [7, 11) is 0. The summed E-state index contributed by atoms with van der Waals surface area (Å²) < 4.78 is 1.85. The van der Waals surface area contributed by atoms with E-state index in [-0.39, 0.29) is 35.9 Å². The van der Waals surface area contributed by atoms with Crippen molar-refractivity contribution in [3.05, 3.63) is 41.7 Å². The van der Waals surface area contributed by atoms with Gasteiger partial charge in [-0.1, -0.05) is 17.3 Å². The van der Waals surface area contributed by atoms with E-state index in [1.807, 2.05) is 60.8 Å². The van der Waals surface area contributed by atoms with Gasteiger partial charge in [0.05, 0.1) is 30.1 Å². The molecule has 1 aliphatic heterocycles. The lowest BCUT2D eigenvalue weighted by Crippen LogP contribution is -2.56. The van der Waals surface area contributed by atoms with Gasteiger partial charge in [-0.2, -0.15) is 0 Å². The van der Waals surface area contributed by atoms with E-state index in [0.29, 0.717) is 25.1 Å². The fourth-order valence-electron chi connectivity index (χ4n) is 6.29. The van der Waals surface area contributed by atoms with E-state index in [2.05, 4.69) is 20.9 Å². The largest absolute Gasteiger partial charge is 0.481 e. The molecule has 36 heavy (non-hydrogen) atoms. The van der Waals surface area contributed by atoms with Crippen LogP contribution < -0.4 is 10.6 Å². The molecule has 3 fully saturated rings. The summed E-state index contributed by atoms with van der Waals surface area (Å²) in [6, 6.07) is 7.39. The number of likely N-dealkylation sites (tertiary alicyclic amines) is 1. The first kappa shape index (κ1) is 24.3. The van der Waals surface area contributed by atoms with Gasteiger partial charge in [0.25, 0.3) is 0 Å². The fraction of sp³-hybridized carbons (Fsp3) is 0.577. The second kappa shape index (κ2) is 8.90. The van der Waals surface area contributed by atoms with Crippen LogP contribution in [0.1, 0.15) is 63.3 Å². The Hall–Kier alpha value is -3.43. The van der Waals surface area contributed by atoms with Crippen LogP contribution in [0.4, 0.5) is 10.5 Å². The molecular formula is C26H34N6O4. The smallest absolute Gasteiger partial charge is 0.319 e. The molecule has 192 valence electrons. The molecular weight excluding hydrogens is 460 g/mol.